The molecular formula is C14H17FN4OS. The molecular weight excluding hydrogens is 291 g/mol. The zero-order valence-corrected chi connectivity index (χ0v) is 12.5. The molecule has 7 heteroatoms. The van der Waals surface area contributed by atoms with Gasteiger partial charge in [0.2, 0.25) is 0 Å². The van der Waals surface area contributed by atoms with E-state index < -0.39 is 11.7 Å². The van der Waals surface area contributed by atoms with E-state index in [1.807, 2.05) is 12.3 Å². The number of amides is 1. The van der Waals surface area contributed by atoms with Crippen LogP contribution in [0.3, 0.4) is 0 Å². The number of nitrogens with zero attached hydrogens (tertiary/aromatic N) is 2. The smallest absolute Gasteiger partial charge is 0.254 e. The molecule has 0 atom stereocenters. The molecule has 0 aliphatic carbocycles. The van der Waals surface area contributed by atoms with E-state index in [2.05, 4.69) is 20.6 Å². The van der Waals surface area contributed by atoms with E-state index in [-0.39, 0.29) is 11.4 Å². The van der Waals surface area contributed by atoms with Gasteiger partial charge in [-0.15, -0.1) is 11.3 Å². The molecule has 1 amide bonds. The highest BCUT2D eigenvalue weighted by molar-refractivity contribution is 7.09. The van der Waals surface area contributed by atoms with Crippen molar-refractivity contribution in [2.24, 2.45) is 0 Å². The quantitative estimate of drug-likeness (QED) is 0.824. The van der Waals surface area contributed by atoms with Gasteiger partial charge in [0.05, 0.1) is 10.6 Å². The predicted octanol–water partition coefficient (Wildman–Crippen LogP) is 2.47. The first-order valence-corrected chi connectivity index (χ1v) is 7.65. The summed E-state index contributed by atoms with van der Waals surface area (Å²) < 4.78 is 14.2. The summed E-state index contributed by atoms with van der Waals surface area (Å²) in [4.78, 5) is 20.0. The fourth-order valence-electron chi connectivity index (χ4n) is 1.74. The molecule has 112 valence electrons. The summed E-state index contributed by atoms with van der Waals surface area (Å²) in [5, 5.41) is 8.38. The summed E-state index contributed by atoms with van der Waals surface area (Å²) in [5.41, 5.74) is 0.00254. The van der Waals surface area contributed by atoms with Gasteiger partial charge in [-0.3, -0.25) is 4.79 Å². The maximum Gasteiger partial charge on any atom is 0.254 e. The van der Waals surface area contributed by atoms with Gasteiger partial charge < -0.3 is 10.6 Å². The number of anilines is 1. The van der Waals surface area contributed by atoms with E-state index in [0.29, 0.717) is 19.5 Å². The second-order valence-corrected chi connectivity index (χ2v) is 5.36. The van der Waals surface area contributed by atoms with E-state index in [1.54, 1.807) is 6.20 Å². The standard InChI is InChI=1S/C14H17FN4OS/c1-2-5-17-13-12(15)10(3-6-18-13)14(20)19-7-4-11-16-8-9-21-11/h3,6,8-9H,2,4-5,7H2,1H3,(H,17,18)(H,19,20). The van der Waals surface area contributed by atoms with Gasteiger partial charge in [0, 0.05) is 37.3 Å². The SMILES string of the molecule is CCCNc1nccc(C(=O)NCCc2nccs2)c1F. The zero-order chi connectivity index (χ0) is 15.1. The number of aromatic nitrogens is 2. The fourth-order valence-corrected chi connectivity index (χ4v) is 2.36. The van der Waals surface area contributed by atoms with Gasteiger partial charge in [-0.25, -0.2) is 14.4 Å². The van der Waals surface area contributed by atoms with Gasteiger partial charge in [0.15, 0.2) is 11.6 Å². The summed E-state index contributed by atoms with van der Waals surface area (Å²) >= 11 is 1.53. The Morgan fingerprint density at radius 2 is 2.19 bits per heavy atom. The van der Waals surface area contributed by atoms with Crippen molar-refractivity contribution in [3.63, 3.8) is 0 Å². The molecule has 0 bridgehead atoms. The molecule has 2 aromatic heterocycles. The van der Waals surface area contributed by atoms with Gasteiger partial charge in [0.25, 0.3) is 5.91 Å². The van der Waals surface area contributed by atoms with Crippen LogP contribution in [-0.2, 0) is 6.42 Å². The van der Waals surface area contributed by atoms with Crippen LogP contribution in [0.15, 0.2) is 23.8 Å². The number of carbonyl (C=O) groups is 1. The van der Waals surface area contributed by atoms with Crippen LogP contribution in [0.4, 0.5) is 10.2 Å². The minimum atomic E-state index is -0.613. The molecule has 2 rings (SSSR count). The van der Waals surface area contributed by atoms with Crippen LogP contribution in [0.1, 0.15) is 28.7 Å². The first-order valence-electron chi connectivity index (χ1n) is 6.77. The Balaban J connectivity index is 1.95. The third-order valence-corrected chi connectivity index (χ3v) is 3.62. The molecule has 21 heavy (non-hydrogen) atoms. The van der Waals surface area contributed by atoms with Crippen molar-refractivity contribution in [3.8, 4) is 0 Å². The molecule has 2 aromatic rings. The molecule has 2 N–H and O–H groups in total. The minimum Gasteiger partial charge on any atom is -0.368 e. The minimum absolute atomic E-state index is 0.00254. The van der Waals surface area contributed by atoms with E-state index in [1.165, 1.54) is 23.6 Å². The van der Waals surface area contributed by atoms with Crippen LogP contribution in [0.5, 0.6) is 0 Å². The second-order valence-electron chi connectivity index (χ2n) is 4.38. The molecule has 0 unspecified atom stereocenters. The maximum absolute atomic E-state index is 14.2. The van der Waals surface area contributed by atoms with Gasteiger partial charge in [0.1, 0.15) is 0 Å². The van der Waals surface area contributed by atoms with Crippen molar-refractivity contribution >= 4 is 23.1 Å². The zero-order valence-electron chi connectivity index (χ0n) is 11.7. The lowest BCUT2D eigenvalue weighted by Gasteiger charge is -2.09. The summed E-state index contributed by atoms with van der Waals surface area (Å²) in [6, 6.07) is 1.38. The Kier molecular flexibility index (Phi) is 5.62. The molecule has 0 saturated carbocycles. The number of pyridine rings is 1. The number of nitrogens with one attached hydrogen (secondary N) is 2. The number of carbonyl (C=O) groups excluding carboxylic acids is 1. The Labute approximate surface area is 126 Å². The van der Waals surface area contributed by atoms with E-state index in [4.69, 9.17) is 0 Å². The topological polar surface area (TPSA) is 66.9 Å². The molecule has 0 spiro atoms. The van der Waals surface area contributed by atoms with Crippen LogP contribution >= 0.6 is 11.3 Å². The Hall–Kier alpha value is -2.02. The van der Waals surface area contributed by atoms with Gasteiger partial charge >= 0.3 is 0 Å². The molecule has 5 nitrogen and oxygen atoms in total. The van der Waals surface area contributed by atoms with Crippen molar-refractivity contribution in [1.29, 1.82) is 0 Å². The van der Waals surface area contributed by atoms with Crippen LogP contribution < -0.4 is 10.6 Å². The fraction of sp³-hybridized carbons (Fsp3) is 0.357. The van der Waals surface area contributed by atoms with Crippen molar-refractivity contribution < 1.29 is 9.18 Å². The Bertz CT molecular complexity index is 589. The summed E-state index contributed by atoms with van der Waals surface area (Å²) in [5.74, 6) is -0.937. The van der Waals surface area contributed by atoms with E-state index in [9.17, 15) is 9.18 Å². The second kappa shape index (κ2) is 7.68. The van der Waals surface area contributed by atoms with Crippen LogP contribution in [0.25, 0.3) is 0 Å². The summed E-state index contributed by atoms with van der Waals surface area (Å²) in [6.45, 7) is 3.00. The van der Waals surface area contributed by atoms with Crippen molar-refractivity contribution in [3.05, 3.63) is 40.2 Å². The lowest BCUT2D eigenvalue weighted by molar-refractivity contribution is 0.0950. The third kappa shape index (κ3) is 4.22. The van der Waals surface area contributed by atoms with Gasteiger partial charge in [-0.1, -0.05) is 6.92 Å². The first-order chi connectivity index (χ1) is 10.2. The van der Waals surface area contributed by atoms with Crippen molar-refractivity contribution in [2.45, 2.75) is 19.8 Å². The highest BCUT2D eigenvalue weighted by atomic mass is 32.1. The lowest BCUT2D eigenvalue weighted by Crippen LogP contribution is -2.27. The highest BCUT2D eigenvalue weighted by Crippen LogP contribution is 2.15. The predicted molar refractivity (Wildman–Crippen MR) is 81.1 cm³/mol. The normalized spacial score (nSPS) is 10.4. The number of hydrogen-bond acceptors (Lipinski definition) is 5. The number of hydrogen-bond donors (Lipinski definition) is 2. The van der Waals surface area contributed by atoms with Crippen LogP contribution in [0, 0.1) is 5.82 Å². The molecule has 0 aromatic carbocycles. The van der Waals surface area contributed by atoms with Crippen molar-refractivity contribution in [1.82, 2.24) is 15.3 Å². The molecule has 0 fully saturated rings. The van der Waals surface area contributed by atoms with Gasteiger partial charge in [-0.05, 0) is 12.5 Å². The third-order valence-electron chi connectivity index (χ3n) is 2.78. The molecule has 0 saturated heterocycles. The Morgan fingerprint density at radius 1 is 1.33 bits per heavy atom. The number of thiazole rings is 1. The molecule has 0 aliphatic heterocycles. The summed E-state index contributed by atoms with van der Waals surface area (Å²) in [6.07, 6.45) is 4.63. The maximum atomic E-state index is 14.2. The van der Waals surface area contributed by atoms with E-state index >= 15 is 0 Å². The summed E-state index contributed by atoms with van der Waals surface area (Å²) in [7, 11) is 0. The lowest BCUT2D eigenvalue weighted by atomic mass is 10.2. The first kappa shape index (κ1) is 15.4. The average molecular weight is 308 g/mol. The highest BCUT2D eigenvalue weighted by Gasteiger charge is 2.15. The largest absolute Gasteiger partial charge is 0.368 e. The number of rotatable bonds is 7. The molecule has 0 radical (unpaired) electrons. The molecule has 2 heterocycles. The van der Waals surface area contributed by atoms with Crippen LogP contribution in [0.2, 0.25) is 0 Å². The Morgan fingerprint density at radius 3 is 2.90 bits per heavy atom. The van der Waals surface area contributed by atoms with Crippen molar-refractivity contribution in [2.75, 3.05) is 18.4 Å². The number of halogens is 1. The van der Waals surface area contributed by atoms with Crippen LogP contribution in [-0.4, -0.2) is 29.0 Å². The monoisotopic (exact) mass is 308 g/mol. The van der Waals surface area contributed by atoms with Gasteiger partial charge in [-0.2, -0.15) is 0 Å². The average Bonchev–Trinajstić information content (AvgIpc) is 2.99. The molecule has 0 aliphatic rings. The van der Waals surface area contributed by atoms with E-state index in [0.717, 1.165) is 11.4 Å².